The molecule has 0 radical (unpaired) electrons. The lowest BCUT2D eigenvalue weighted by molar-refractivity contribution is -0.384. The van der Waals surface area contributed by atoms with Gasteiger partial charge in [0.05, 0.1) is 22.1 Å². The van der Waals surface area contributed by atoms with Crippen molar-refractivity contribution in [2.45, 2.75) is 5.22 Å². The number of anilines is 2. The molecule has 1 amide bonds. The van der Waals surface area contributed by atoms with Crippen molar-refractivity contribution in [1.82, 2.24) is 15.6 Å². The second kappa shape index (κ2) is 9.75. The number of thioether (sulfide) groups is 1. The Labute approximate surface area is 187 Å². The minimum Gasteiger partial charge on any atom is -0.411 e. The highest BCUT2D eigenvalue weighted by molar-refractivity contribution is 7.99. The van der Waals surface area contributed by atoms with Crippen LogP contribution in [0.5, 0.6) is 0 Å². The van der Waals surface area contributed by atoms with E-state index >= 15 is 0 Å². The van der Waals surface area contributed by atoms with E-state index in [1.807, 2.05) is 60.7 Å². The first kappa shape index (κ1) is 21.1. The molecule has 0 aliphatic carbocycles. The van der Waals surface area contributed by atoms with Gasteiger partial charge in [-0.05, 0) is 36.4 Å². The molecular formula is C22H17N5O4S. The highest BCUT2D eigenvalue weighted by Crippen LogP contribution is 2.26. The second-order valence-electron chi connectivity index (χ2n) is 6.51. The number of nitro groups is 1. The minimum absolute atomic E-state index is 0.0269. The number of carbonyl (C=O) groups is 1. The van der Waals surface area contributed by atoms with Gasteiger partial charge in [0.2, 0.25) is 11.8 Å². The molecule has 0 atom stereocenters. The summed E-state index contributed by atoms with van der Waals surface area (Å²) >= 11 is 1.10. The van der Waals surface area contributed by atoms with Crippen molar-refractivity contribution in [2.75, 3.05) is 10.8 Å². The Morgan fingerprint density at radius 3 is 2.09 bits per heavy atom. The number of nitrogens with zero attached hydrogens (tertiary/aromatic N) is 4. The van der Waals surface area contributed by atoms with Gasteiger partial charge in [0, 0.05) is 17.7 Å². The number of hydrogen-bond donors (Lipinski definition) is 1. The van der Waals surface area contributed by atoms with Crippen molar-refractivity contribution in [3.05, 3.63) is 95.0 Å². The first-order valence-corrected chi connectivity index (χ1v) is 10.5. The van der Waals surface area contributed by atoms with Crippen molar-refractivity contribution in [3.63, 3.8) is 0 Å². The number of benzene rings is 3. The summed E-state index contributed by atoms with van der Waals surface area (Å²) in [6.45, 7) is 0. The van der Waals surface area contributed by atoms with Crippen LogP contribution in [0.25, 0.3) is 11.5 Å². The number of aromatic nitrogens is 2. The molecule has 0 spiro atoms. The van der Waals surface area contributed by atoms with Gasteiger partial charge in [0.1, 0.15) is 0 Å². The molecule has 9 nitrogen and oxygen atoms in total. The fourth-order valence-corrected chi connectivity index (χ4v) is 3.38. The highest BCUT2D eigenvalue weighted by Gasteiger charge is 2.16. The number of hydrazine groups is 1. The Hall–Kier alpha value is -4.18. The van der Waals surface area contributed by atoms with E-state index in [2.05, 4.69) is 15.6 Å². The third kappa shape index (κ3) is 5.10. The predicted molar refractivity (Wildman–Crippen MR) is 120 cm³/mol. The molecule has 1 aromatic heterocycles. The van der Waals surface area contributed by atoms with Gasteiger partial charge < -0.3 is 4.42 Å². The SMILES string of the molecule is O=C(CSc1nnc(-c2ccc([N+](=O)[O-])cc2)o1)NN(c1ccccc1)c1ccccc1. The maximum absolute atomic E-state index is 12.6. The van der Waals surface area contributed by atoms with Crippen LogP contribution in [-0.4, -0.2) is 26.8 Å². The fourth-order valence-electron chi connectivity index (χ4n) is 2.83. The Morgan fingerprint density at radius 2 is 1.53 bits per heavy atom. The number of non-ortho nitro benzene ring substituents is 1. The van der Waals surface area contributed by atoms with Gasteiger partial charge in [-0.15, -0.1) is 10.2 Å². The lowest BCUT2D eigenvalue weighted by atomic mass is 10.2. The van der Waals surface area contributed by atoms with E-state index in [-0.39, 0.29) is 28.5 Å². The Balaban J connectivity index is 1.40. The van der Waals surface area contributed by atoms with E-state index in [0.29, 0.717) is 5.56 Å². The molecule has 0 bridgehead atoms. The van der Waals surface area contributed by atoms with Gasteiger partial charge in [-0.1, -0.05) is 48.2 Å². The van der Waals surface area contributed by atoms with Crippen molar-refractivity contribution >= 4 is 34.7 Å². The first-order valence-electron chi connectivity index (χ1n) is 9.51. The van der Waals surface area contributed by atoms with E-state index < -0.39 is 4.92 Å². The van der Waals surface area contributed by atoms with Gasteiger partial charge in [-0.2, -0.15) is 0 Å². The molecule has 0 fully saturated rings. The zero-order valence-electron chi connectivity index (χ0n) is 16.6. The van der Waals surface area contributed by atoms with Crippen LogP contribution >= 0.6 is 11.8 Å². The molecule has 1 heterocycles. The lowest BCUT2D eigenvalue weighted by Crippen LogP contribution is -2.39. The van der Waals surface area contributed by atoms with Crippen LogP contribution in [-0.2, 0) is 4.79 Å². The maximum atomic E-state index is 12.6. The minimum atomic E-state index is -0.480. The predicted octanol–water partition coefficient (Wildman–Crippen LogP) is 4.61. The Kier molecular flexibility index (Phi) is 6.42. The van der Waals surface area contributed by atoms with E-state index in [1.165, 1.54) is 24.3 Å². The summed E-state index contributed by atoms with van der Waals surface area (Å²) < 4.78 is 5.57. The topological polar surface area (TPSA) is 114 Å². The number of nitro benzene ring substituents is 1. The van der Waals surface area contributed by atoms with Crippen LogP contribution < -0.4 is 10.4 Å². The van der Waals surface area contributed by atoms with Crippen molar-refractivity contribution in [2.24, 2.45) is 0 Å². The number of hydrogen-bond acceptors (Lipinski definition) is 8. The molecule has 0 aliphatic heterocycles. The molecule has 4 rings (SSSR count). The zero-order chi connectivity index (χ0) is 22.3. The first-order chi connectivity index (χ1) is 15.6. The summed E-state index contributed by atoms with van der Waals surface area (Å²) in [5.41, 5.74) is 5.05. The third-order valence-corrected chi connectivity index (χ3v) is 5.14. The van der Waals surface area contributed by atoms with Crippen molar-refractivity contribution in [1.29, 1.82) is 0 Å². The monoisotopic (exact) mass is 447 g/mol. The standard InChI is InChI=1S/C22H17N5O4S/c28-20(25-26(17-7-3-1-4-8-17)18-9-5-2-6-10-18)15-32-22-24-23-21(31-22)16-11-13-19(14-12-16)27(29)30/h1-14H,15H2,(H,25,28). The zero-order valence-corrected chi connectivity index (χ0v) is 17.4. The summed E-state index contributed by atoms with van der Waals surface area (Å²) in [6, 6.07) is 24.8. The van der Waals surface area contributed by atoms with E-state index in [1.54, 1.807) is 5.01 Å². The van der Waals surface area contributed by atoms with E-state index in [4.69, 9.17) is 4.42 Å². The van der Waals surface area contributed by atoms with Gasteiger partial charge in [-0.25, -0.2) is 0 Å². The van der Waals surface area contributed by atoms with E-state index in [9.17, 15) is 14.9 Å². The average Bonchev–Trinajstić information content (AvgIpc) is 3.31. The molecule has 160 valence electrons. The summed E-state index contributed by atoms with van der Waals surface area (Å²) in [6.07, 6.45) is 0. The van der Waals surface area contributed by atoms with Crippen LogP contribution in [0.3, 0.4) is 0 Å². The maximum Gasteiger partial charge on any atom is 0.277 e. The molecule has 0 aliphatic rings. The molecule has 4 aromatic rings. The fraction of sp³-hybridized carbons (Fsp3) is 0.0455. The van der Waals surface area contributed by atoms with Gasteiger partial charge >= 0.3 is 0 Å². The van der Waals surface area contributed by atoms with Crippen LogP contribution in [0, 0.1) is 10.1 Å². The Bertz CT molecular complexity index is 1160. The quantitative estimate of drug-likeness (QED) is 0.237. The van der Waals surface area contributed by atoms with Crippen LogP contribution in [0.4, 0.5) is 17.1 Å². The summed E-state index contributed by atoms with van der Waals surface area (Å²) in [5, 5.41) is 20.6. The summed E-state index contributed by atoms with van der Waals surface area (Å²) in [4.78, 5) is 22.9. The molecule has 1 N–H and O–H groups in total. The highest BCUT2D eigenvalue weighted by atomic mass is 32.2. The van der Waals surface area contributed by atoms with Gasteiger partial charge in [0.15, 0.2) is 0 Å². The van der Waals surface area contributed by atoms with Crippen molar-refractivity contribution < 1.29 is 14.1 Å². The van der Waals surface area contributed by atoms with Crippen LogP contribution in [0.2, 0.25) is 0 Å². The van der Waals surface area contributed by atoms with E-state index in [0.717, 1.165) is 23.1 Å². The normalized spacial score (nSPS) is 10.5. The van der Waals surface area contributed by atoms with Gasteiger partial charge in [0.25, 0.3) is 10.9 Å². The number of carbonyl (C=O) groups excluding carboxylic acids is 1. The number of para-hydroxylation sites is 2. The summed E-state index contributed by atoms with van der Waals surface area (Å²) in [7, 11) is 0. The number of amides is 1. The van der Waals surface area contributed by atoms with Gasteiger partial charge in [-0.3, -0.25) is 25.3 Å². The summed E-state index contributed by atoms with van der Waals surface area (Å²) in [5.74, 6) is 0.0220. The van der Waals surface area contributed by atoms with Crippen LogP contribution in [0.1, 0.15) is 0 Å². The second-order valence-corrected chi connectivity index (χ2v) is 7.43. The van der Waals surface area contributed by atoms with Crippen molar-refractivity contribution in [3.8, 4) is 11.5 Å². The largest absolute Gasteiger partial charge is 0.411 e. The third-order valence-electron chi connectivity index (χ3n) is 4.32. The number of nitrogens with one attached hydrogen (secondary N) is 1. The molecule has 10 heteroatoms. The smallest absolute Gasteiger partial charge is 0.277 e. The lowest BCUT2D eigenvalue weighted by Gasteiger charge is -2.25. The number of rotatable bonds is 8. The average molecular weight is 447 g/mol. The Morgan fingerprint density at radius 1 is 0.938 bits per heavy atom. The molecule has 0 saturated carbocycles. The molecule has 32 heavy (non-hydrogen) atoms. The molecule has 0 unspecified atom stereocenters. The molecule has 3 aromatic carbocycles. The molecule has 0 saturated heterocycles. The molecular weight excluding hydrogens is 430 g/mol. The van der Waals surface area contributed by atoms with Crippen LogP contribution in [0.15, 0.2) is 94.6 Å².